The largest absolute Gasteiger partial charge is 0.354 e. The third-order valence-corrected chi connectivity index (χ3v) is 2.70. The van der Waals surface area contributed by atoms with Gasteiger partial charge >= 0.3 is 0 Å². The number of hydrogen-bond donors (Lipinski definition) is 1. The van der Waals surface area contributed by atoms with E-state index in [4.69, 9.17) is 0 Å². The molecule has 0 saturated carbocycles. The van der Waals surface area contributed by atoms with Gasteiger partial charge < -0.3 is 10.2 Å². The molecular formula is C13H21N7. The first-order chi connectivity index (χ1) is 9.63. The minimum absolute atomic E-state index is 0.587. The zero-order valence-electron chi connectivity index (χ0n) is 12.5. The first-order valence-electron chi connectivity index (χ1n) is 6.84. The molecule has 7 heteroatoms. The van der Waals surface area contributed by atoms with Gasteiger partial charge in [0.25, 0.3) is 0 Å². The Morgan fingerprint density at radius 1 is 1.20 bits per heavy atom. The van der Waals surface area contributed by atoms with Gasteiger partial charge in [0.15, 0.2) is 5.82 Å². The number of nitrogens with zero attached hydrogens (tertiary/aromatic N) is 6. The molecule has 108 valence electrons. The van der Waals surface area contributed by atoms with Gasteiger partial charge in [0.05, 0.1) is 11.8 Å². The van der Waals surface area contributed by atoms with Gasteiger partial charge in [0.2, 0.25) is 11.9 Å². The first kappa shape index (κ1) is 14.2. The minimum atomic E-state index is 0.587. The highest BCUT2D eigenvalue weighted by Crippen LogP contribution is 2.18. The van der Waals surface area contributed by atoms with Crippen molar-refractivity contribution in [3.8, 4) is 11.4 Å². The van der Waals surface area contributed by atoms with Crippen molar-refractivity contribution in [1.29, 1.82) is 0 Å². The van der Waals surface area contributed by atoms with Gasteiger partial charge in [0.1, 0.15) is 0 Å². The van der Waals surface area contributed by atoms with Gasteiger partial charge in [-0.1, -0.05) is 6.92 Å². The van der Waals surface area contributed by atoms with Crippen molar-refractivity contribution in [2.24, 2.45) is 0 Å². The summed E-state index contributed by atoms with van der Waals surface area (Å²) in [5.74, 6) is 1.86. The fourth-order valence-corrected chi connectivity index (χ4v) is 1.76. The van der Waals surface area contributed by atoms with Crippen LogP contribution in [0.2, 0.25) is 0 Å². The molecule has 0 aliphatic rings. The molecule has 2 rings (SSSR count). The van der Waals surface area contributed by atoms with Crippen LogP contribution in [0.4, 0.5) is 11.9 Å². The number of hydrogen-bond acceptors (Lipinski definition) is 6. The second-order valence-corrected chi connectivity index (χ2v) is 4.70. The molecule has 0 radical (unpaired) electrons. The summed E-state index contributed by atoms with van der Waals surface area (Å²) in [5, 5.41) is 7.44. The maximum absolute atomic E-state index is 4.47. The minimum Gasteiger partial charge on any atom is -0.354 e. The van der Waals surface area contributed by atoms with Crippen molar-refractivity contribution >= 4 is 11.9 Å². The van der Waals surface area contributed by atoms with Crippen LogP contribution in [0, 0.1) is 0 Å². The third-order valence-electron chi connectivity index (χ3n) is 2.70. The van der Waals surface area contributed by atoms with Crippen molar-refractivity contribution < 1.29 is 0 Å². The second-order valence-electron chi connectivity index (χ2n) is 4.70. The van der Waals surface area contributed by atoms with Crippen molar-refractivity contribution in [1.82, 2.24) is 24.7 Å². The smallest absolute Gasteiger partial charge is 0.230 e. The lowest BCUT2D eigenvalue weighted by atomic mass is 10.3. The van der Waals surface area contributed by atoms with Crippen LogP contribution in [0.3, 0.4) is 0 Å². The summed E-state index contributed by atoms with van der Waals surface area (Å²) in [5.41, 5.74) is 0.906. The molecule has 0 unspecified atom stereocenters. The molecule has 0 saturated heterocycles. The molecule has 2 heterocycles. The summed E-state index contributed by atoms with van der Waals surface area (Å²) in [6.07, 6.45) is 4.80. The van der Waals surface area contributed by atoms with E-state index in [9.17, 15) is 0 Å². The monoisotopic (exact) mass is 275 g/mol. The van der Waals surface area contributed by atoms with E-state index >= 15 is 0 Å². The van der Waals surface area contributed by atoms with Crippen LogP contribution in [0.15, 0.2) is 12.4 Å². The Labute approximate surface area is 119 Å². The Balaban J connectivity index is 2.37. The molecule has 0 spiro atoms. The standard InChI is InChI=1S/C13H21N7/c1-5-7-20-9-10(8-15-20)11-16-12(14-6-2)18-13(17-11)19(3)4/h8-9H,5-7H2,1-4H3,(H,14,16,17,18). The molecule has 0 bridgehead atoms. The van der Waals surface area contributed by atoms with Crippen LogP contribution < -0.4 is 10.2 Å². The highest BCUT2D eigenvalue weighted by molar-refractivity contribution is 5.56. The molecule has 0 aromatic carbocycles. The van der Waals surface area contributed by atoms with Crippen molar-refractivity contribution in [2.75, 3.05) is 30.9 Å². The average Bonchev–Trinajstić information content (AvgIpc) is 2.88. The molecule has 7 nitrogen and oxygen atoms in total. The van der Waals surface area contributed by atoms with E-state index in [0.29, 0.717) is 17.7 Å². The molecule has 2 aromatic heterocycles. The maximum atomic E-state index is 4.47. The van der Waals surface area contributed by atoms with Crippen molar-refractivity contribution in [3.05, 3.63) is 12.4 Å². The van der Waals surface area contributed by atoms with Crippen LogP contribution in [-0.4, -0.2) is 45.4 Å². The van der Waals surface area contributed by atoms with Gasteiger partial charge in [-0.2, -0.15) is 20.1 Å². The van der Waals surface area contributed by atoms with Crippen molar-refractivity contribution in [2.45, 2.75) is 26.8 Å². The summed E-state index contributed by atoms with van der Waals surface area (Å²) >= 11 is 0. The van der Waals surface area contributed by atoms with Gasteiger partial charge in [-0.25, -0.2) is 0 Å². The normalized spacial score (nSPS) is 10.6. The molecular weight excluding hydrogens is 254 g/mol. The number of anilines is 2. The third kappa shape index (κ3) is 3.23. The van der Waals surface area contributed by atoms with Crippen LogP contribution in [0.25, 0.3) is 11.4 Å². The number of aryl methyl sites for hydroxylation is 1. The number of rotatable bonds is 6. The van der Waals surface area contributed by atoms with E-state index in [2.05, 4.69) is 32.3 Å². The molecule has 0 fully saturated rings. The molecule has 0 atom stereocenters. The summed E-state index contributed by atoms with van der Waals surface area (Å²) in [6, 6.07) is 0. The van der Waals surface area contributed by atoms with E-state index in [1.165, 1.54) is 0 Å². The highest BCUT2D eigenvalue weighted by atomic mass is 15.3. The Bertz CT molecular complexity index is 562. The highest BCUT2D eigenvalue weighted by Gasteiger charge is 2.11. The first-order valence-corrected chi connectivity index (χ1v) is 6.84. The maximum Gasteiger partial charge on any atom is 0.230 e. The lowest BCUT2D eigenvalue weighted by molar-refractivity contribution is 0.603. The number of aromatic nitrogens is 5. The molecule has 0 aliphatic carbocycles. The van der Waals surface area contributed by atoms with Crippen LogP contribution >= 0.6 is 0 Å². The zero-order valence-corrected chi connectivity index (χ0v) is 12.5. The Kier molecular flexibility index (Phi) is 4.49. The number of nitrogens with one attached hydrogen (secondary N) is 1. The molecule has 20 heavy (non-hydrogen) atoms. The lowest BCUT2D eigenvalue weighted by Gasteiger charge is -2.12. The SMILES string of the molecule is CCCn1cc(-c2nc(NCC)nc(N(C)C)n2)cn1. The topological polar surface area (TPSA) is 71.8 Å². The van der Waals surface area contributed by atoms with Crippen LogP contribution in [-0.2, 0) is 6.54 Å². The molecule has 0 aliphatic heterocycles. The van der Waals surface area contributed by atoms with Crippen molar-refractivity contribution in [3.63, 3.8) is 0 Å². The van der Waals surface area contributed by atoms with E-state index in [-0.39, 0.29) is 0 Å². The Morgan fingerprint density at radius 2 is 2.00 bits per heavy atom. The zero-order chi connectivity index (χ0) is 14.5. The molecule has 1 N–H and O–H groups in total. The van der Waals surface area contributed by atoms with Gasteiger partial charge in [-0.15, -0.1) is 0 Å². The molecule has 0 amide bonds. The summed E-state index contributed by atoms with van der Waals surface area (Å²) in [6.45, 7) is 5.80. The van der Waals surface area contributed by atoms with E-state index < -0.39 is 0 Å². The van der Waals surface area contributed by atoms with E-state index in [0.717, 1.165) is 25.1 Å². The summed E-state index contributed by atoms with van der Waals surface area (Å²) in [7, 11) is 3.82. The fourth-order valence-electron chi connectivity index (χ4n) is 1.76. The van der Waals surface area contributed by atoms with Gasteiger partial charge in [-0.3, -0.25) is 4.68 Å². The van der Waals surface area contributed by atoms with E-state index in [1.54, 1.807) is 6.20 Å². The quantitative estimate of drug-likeness (QED) is 0.864. The van der Waals surface area contributed by atoms with Gasteiger partial charge in [-0.05, 0) is 13.3 Å². The Hall–Kier alpha value is -2.18. The van der Waals surface area contributed by atoms with E-state index in [1.807, 2.05) is 36.8 Å². The predicted molar refractivity (Wildman–Crippen MR) is 79.8 cm³/mol. The van der Waals surface area contributed by atoms with Gasteiger partial charge in [0, 0.05) is 33.4 Å². The lowest BCUT2D eigenvalue weighted by Crippen LogP contribution is -2.15. The molecule has 2 aromatic rings. The average molecular weight is 275 g/mol. The van der Waals surface area contributed by atoms with Crippen LogP contribution in [0.1, 0.15) is 20.3 Å². The summed E-state index contributed by atoms with van der Waals surface area (Å²) in [4.78, 5) is 15.1. The summed E-state index contributed by atoms with van der Waals surface area (Å²) < 4.78 is 1.90. The van der Waals surface area contributed by atoms with Crippen LogP contribution in [0.5, 0.6) is 0 Å². The second kappa shape index (κ2) is 6.31. The fraction of sp³-hybridized carbons (Fsp3) is 0.538. The Morgan fingerprint density at radius 3 is 2.65 bits per heavy atom. The predicted octanol–water partition coefficient (Wildman–Crippen LogP) is 1.64.